The predicted molar refractivity (Wildman–Crippen MR) is 47.2 cm³/mol. The van der Waals surface area contributed by atoms with Crippen LogP contribution in [0.15, 0.2) is 0 Å². The number of thioether (sulfide) groups is 1. The lowest BCUT2D eigenvalue weighted by atomic mass is 11.4. The molecule has 53 valence electrons. The highest BCUT2D eigenvalue weighted by molar-refractivity contribution is 8.20. The molecule has 0 aliphatic rings. The Labute approximate surface area is 68.4 Å². The lowest BCUT2D eigenvalue weighted by Crippen LogP contribution is -2.08. The van der Waals surface area contributed by atoms with Crippen molar-refractivity contribution in [3.8, 4) is 0 Å². The summed E-state index contributed by atoms with van der Waals surface area (Å²) in [6.45, 7) is 0. The highest BCUT2D eigenvalue weighted by Crippen LogP contribution is 2.21. The fraction of sp³-hybridized carbons (Fsp3) is 0.500. The van der Waals surface area contributed by atoms with Gasteiger partial charge in [0.2, 0.25) is 0 Å². The molecule has 0 rings (SSSR count). The van der Waals surface area contributed by atoms with Crippen molar-refractivity contribution in [1.82, 2.24) is 3.71 Å². The van der Waals surface area contributed by atoms with Crippen LogP contribution in [-0.4, -0.2) is 21.5 Å². The molecular formula is C4H8NOS3. The molecule has 0 aromatic heterocycles. The SMILES string of the molecule is [CH2]SC(=O)N(SC)SC. The van der Waals surface area contributed by atoms with Gasteiger partial charge in [0.15, 0.2) is 0 Å². The average Bonchev–Trinajstić information content (AvgIpc) is 1.90. The summed E-state index contributed by atoms with van der Waals surface area (Å²) in [7, 11) is 0. The highest BCUT2D eigenvalue weighted by atomic mass is 32.2. The lowest BCUT2D eigenvalue weighted by molar-refractivity contribution is 0.259. The smallest absolute Gasteiger partial charge is 0.260 e. The number of rotatable bonds is 2. The van der Waals surface area contributed by atoms with Gasteiger partial charge >= 0.3 is 5.24 Å². The van der Waals surface area contributed by atoms with Crippen molar-refractivity contribution in [2.24, 2.45) is 0 Å². The molecule has 0 aromatic rings. The Bertz CT molecular complexity index is 93.8. The Kier molecular flexibility index (Phi) is 5.62. The summed E-state index contributed by atoms with van der Waals surface area (Å²) in [5, 5.41) is -0.0185. The van der Waals surface area contributed by atoms with E-state index in [1.54, 1.807) is 3.71 Å². The van der Waals surface area contributed by atoms with E-state index in [1.807, 2.05) is 12.5 Å². The zero-order valence-corrected chi connectivity index (χ0v) is 7.74. The summed E-state index contributed by atoms with van der Waals surface area (Å²) in [5.74, 6) is 0. The zero-order valence-electron chi connectivity index (χ0n) is 5.29. The molecular weight excluding hydrogens is 174 g/mol. The Morgan fingerprint density at radius 3 is 2.00 bits per heavy atom. The van der Waals surface area contributed by atoms with Crippen LogP contribution in [0, 0.1) is 6.26 Å². The van der Waals surface area contributed by atoms with Crippen molar-refractivity contribution in [1.29, 1.82) is 0 Å². The molecule has 0 bridgehead atoms. The molecule has 9 heavy (non-hydrogen) atoms. The van der Waals surface area contributed by atoms with E-state index in [1.165, 1.54) is 23.9 Å². The molecule has 0 fully saturated rings. The predicted octanol–water partition coefficient (Wildman–Crippen LogP) is 2.49. The first-order valence-electron chi connectivity index (χ1n) is 2.10. The van der Waals surface area contributed by atoms with Crippen molar-refractivity contribution >= 4 is 40.9 Å². The maximum Gasteiger partial charge on any atom is 0.301 e. The third-order valence-corrected chi connectivity index (χ3v) is 3.15. The van der Waals surface area contributed by atoms with Gasteiger partial charge in [-0.3, -0.25) is 4.79 Å². The van der Waals surface area contributed by atoms with Crippen LogP contribution in [0.3, 0.4) is 0 Å². The lowest BCUT2D eigenvalue weighted by Gasteiger charge is -2.12. The monoisotopic (exact) mass is 182 g/mol. The maximum absolute atomic E-state index is 10.8. The van der Waals surface area contributed by atoms with Crippen LogP contribution in [0.1, 0.15) is 0 Å². The van der Waals surface area contributed by atoms with Gasteiger partial charge in [0.1, 0.15) is 0 Å². The molecule has 0 saturated heterocycles. The summed E-state index contributed by atoms with van der Waals surface area (Å²) in [4.78, 5) is 10.8. The van der Waals surface area contributed by atoms with Crippen molar-refractivity contribution in [3.05, 3.63) is 6.26 Å². The van der Waals surface area contributed by atoms with Crippen molar-refractivity contribution in [2.75, 3.05) is 12.5 Å². The topological polar surface area (TPSA) is 20.3 Å². The summed E-state index contributed by atoms with van der Waals surface area (Å²) >= 11 is 3.75. The van der Waals surface area contributed by atoms with Crippen molar-refractivity contribution < 1.29 is 4.79 Å². The Hall–Kier alpha value is 0.520. The average molecular weight is 182 g/mol. The van der Waals surface area contributed by atoms with Crippen LogP contribution in [0.25, 0.3) is 0 Å². The second kappa shape index (κ2) is 5.32. The third kappa shape index (κ3) is 3.27. The van der Waals surface area contributed by atoms with Gasteiger partial charge < -0.3 is 0 Å². The van der Waals surface area contributed by atoms with Crippen LogP contribution < -0.4 is 0 Å². The molecule has 1 amide bonds. The summed E-state index contributed by atoms with van der Waals surface area (Å²) in [5.41, 5.74) is 0. The zero-order chi connectivity index (χ0) is 7.28. The van der Waals surface area contributed by atoms with Gasteiger partial charge in [-0.1, -0.05) is 11.8 Å². The Morgan fingerprint density at radius 1 is 1.44 bits per heavy atom. The van der Waals surface area contributed by atoms with Gasteiger partial charge in [0.25, 0.3) is 0 Å². The van der Waals surface area contributed by atoms with E-state index in [0.29, 0.717) is 0 Å². The van der Waals surface area contributed by atoms with Gasteiger partial charge in [0.05, 0.1) is 0 Å². The molecule has 0 aromatic carbocycles. The first-order chi connectivity index (χ1) is 4.26. The van der Waals surface area contributed by atoms with Crippen LogP contribution in [-0.2, 0) is 0 Å². The number of nitrogens with zero attached hydrogens (tertiary/aromatic N) is 1. The van der Waals surface area contributed by atoms with E-state index < -0.39 is 0 Å². The molecule has 1 radical (unpaired) electrons. The quantitative estimate of drug-likeness (QED) is 0.611. The maximum atomic E-state index is 10.8. The Morgan fingerprint density at radius 2 is 1.89 bits per heavy atom. The van der Waals surface area contributed by atoms with E-state index in [2.05, 4.69) is 6.26 Å². The van der Waals surface area contributed by atoms with Gasteiger partial charge in [-0.05, 0) is 23.9 Å². The largest absolute Gasteiger partial charge is 0.301 e. The second-order valence-corrected chi connectivity index (χ2v) is 3.36. The van der Waals surface area contributed by atoms with Crippen molar-refractivity contribution in [3.63, 3.8) is 0 Å². The number of amides is 1. The first-order valence-corrected chi connectivity index (χ1v) is 5.45. The number of carbonyl (C=O) groups is 1. The Balaban J connectivity index is 3.64. The molecule has 0 atom stereocenters. The molecule has 0 N–H and O–H groups in total. The summed E-state index contributed by atoms with van der Waals surface area (Å²) < 4.78 is 1.57. The van der Waals surface area contributed by atoms with Gasteiger partial charge in [-0.15, -0.1) is 0 Å². The molecule has 0 heterocycles. The molecule has 0 aliphatic carbocycles. The van der Waals surface area contributed by atoms with Gasteiger partial charge in [-0.2, -0.15) is 0 Å². The minimum Gasteiger partial charge on any atom is -0.260 e. The first kappa shape index (κ1) is 9.52. The third-order valence-electron chi connectivity index (χ3n) is 0.604. The van der Waals surface area contributed by atoms with E-state index in [9.17, 15) is 4.79 Å². The molecule has 2 nitrogen and oxygen atoms in total. The minimum atomic E-state index is -0.0185. The molecule has 0 unspecified atom stereocenters. The fourth-order valence-electron chi connectivity index (χ4n) is 0.276. The van der Waals surface area contributed by atoms with E-state index in [-0.39, 0.29) is 5.24 Å². The van der Waals surface area contributed by atoms with Crippen LogP contribution in [0.5, 0.6) is 0 Å². The molecule has 5 heteroatoms. The van der Waals surface area contributed by atoms with E-state index in [4.69, 9.17) is 0 Å². The van der Waals surface area contributed by atoms with Crippen LogP contribution in [0.2, 0.25) is 0 Å². The number of carbonyl (C=O) groups excluding carboxylic acids is 1. The van der Waals surface area contributed by atoms with E-state index >= 15 is 0 Å². The van der Waals surface area contributed by atoms with Gasteiger partial charge in [0, 0.05) is 18.8 Å². The number of hydrogen-bond acceptors (Lipinski definition) is 4. The summed E-state index contributed by atoms with van der Waals surface area (Å²) in [6, 6.07) is 0. The van der Waals surface area contributed by atoms with Crippen LogP contribution >= 0.6 is 35.7 Å². The second-order valence-electron chi connectivity index (χ2n) is 1.03. The fourth-order valence-corrected chi connectivity index (χ4v) is 2.04. The van der Waals surface area contributed by atoms with E-state index in [0.717, 1.165) is 11.8 Å². The van der Waals surface area contributed by atoms with Crippen LogP contribution in [0.4, 0.5) is 4.79 Å². The minimum absolute atomic E-state index is 0.0185. The molecule has 0 saturated carbocycles. The van der Waals surface area contributed by atoms with Gasteiger partial charge in [-0.25, -0.2) is 3.71 Å². The number of hydrogen-bond donors (Lipinski definition) is 0. The standard InChI is InChI=1S/C4H8NOS3/c1-7-4(6)5(8-2)9-3/h1H2,2-3H3. The highest BCUT2D eigenvalue weighted by Gasteiger charge is 2.07. The normalized spacial score (nSPS) is 9.22. The summed E-state index contributed by atoms with van der Waals surface area (Å²) in [6.07, 6.45) is 7.10. The molecule has 0 aliphatic heterocycles. The van der Waals surface area contributed by atoms with Crippen molar-refractivity contribution in [2.45, 2.75) is 0 Å². The molecule has 0 spiro atoms.